The lowest BCUT2D eigenvalue weighted by molar-refractivity contribution is -0.151. The molecule has 0 aromatic rings. The molecule has 20 heavy (non-hydrogen) atoms. The van der Waals surface area contributed by atoms with Gasteiger partial charge in [0.2, 0.25) is 0 Å². The van der Waals surface area contributed by atoms with Gasteiger partial charge in [0.25, 0.3) is 0 Å². The molecule has 2 aliphatic carbocycles. The number of carbonyl (C=O) groups is 1. The number of rotatable bonds is 7. The second-order valence-electron chi connectivity index (χ2n) is 6.56. The zero-order valence-corrected chi connectivity index (χ0v) is 13.1. The molecule has 0 radical (unpaired) electrons. The predicted octanol–water partition coefficient (Wildman–Crippen LogP) is 2.66. The van der Waals surface area contributed by atoms with E-state index in [1.165, 1.54) is 26.4 Å². The average molecular weight is 283 g/mol. The van der Waals surface area contributed by atoms with Crippen molar-refractivity contribution in [2.75, 3.05) is 13.7 Å². The predicted molar refractivity (Wildman–Crippen MR) is 78.6 cm³/mol. The standard InChI is InChI=1S/C16H29NO3/c1-12(2)17-16(15(18)19-3)10-5-6-13(16)9-11-20-14-7-4-8-14/h12-14,17H,4-11H2,1-3H3. The summed E-state index contributed by atoms with van der Waals surface area (Å²) in [5.41, 5.74) is -0.494. The molecule has 2 saturated carbocycles. The SMILES string of the molecule is COC(=O)C1(NC(C)C)CCCC1CCOC1CCC1. The van der Waals surface area contributed by atoms with Crippen molar-refractivity contribution in [1.82, 2.24) is 5.32 Å². The Bertz CT molecular complexity index is 328. The summed E-state index contributed by atoms with van der Waals surface area (Å²) in [5, 5.41) is 3.49. The van der Waals surface area contributed by atoms with Gasteiger partial charge in [0.15, 0.2) is 0 Å². The number of hydrogen-bond acceptors (Lipinski definition) is 4. The third-order valence-electron chi connectivity index (χ3n) is 4.79. The molecule has 2 fully saturated rings. The van der Waals surface area contributed by atoms with Gasteiger partial charge in [-0.05, 0) is 58.3 Å². The zero-order valence-electron chi connectivity index (χ0n) is 13.1. The first-order valence-corrected chi connectivity index (χ1v) is 8.06. The lowest BCUT2D eigenvalue weighted by Gasteiger charge is -2.36. The van der Waals surface area contributed by atoms with Crippen LogP contribution in [0.2, 0.25) is 0 Å². The maximum Gasteiger partial charge on any atom is 0.326 e. The second-order valence-corrected chi connectivity index (χ2v) is 6.56. The lowest BCUT2D eigenvalue weighted by Crippen LogP contribution is -2.57. The van der Waals surface area contributed by atoms with Gasteiger partial charge in [-0.3, -0.25) is 10.1 Å². The van der Waals surface area contributed by atoms with Crippen LogP contribution in [-0.4, -0.2) is 37.4 Å². The maximum absolute atomic E-state index is 12.3. The van der Waals surface area contributed by atoms with E-state index in [4.69, 9.17) is 9.47 Å². The lowest BCUT2D eigenvalue weighted by atomic mass is 9.84. The number of carbonyl (C=O) groups excluding carboxylic acids is 1. The van der Waals surface area contributed by atoms with Crippen molar-refractivity contribution in [3.8, 4) is 0 Å². The van der Waals surface area contributed by atoms with E-state index in [9.17, 15) is 4.79 Å². The van der Waals surface area contributed by atoms with Crippen molar-refractivity contribution in [3.05, 3.63) is 0 Å². The van der Waals surface area contributed by atoms with Gasteiger partial charge in [0, 0.05) is 12.6 Å². The molecule has 0 bridgehead atoms. The second kappa shape index (κ2) is 6.90. The van der Waals surface area contributed by atoms with Crippen LogP contribution in [0.25, 0.3) is 0 Å². The molecule has 0 aliphatic heterocycles. The summed E-state index contributed by atoms with van der Waals surface area (Å²) in [4.78, 5) is 12.3. The molecule has 0 saturated heterocycles. The molecule has 0 amide bonds. The monoisotopic (exact) mass is 283 g/mol. The largest absolute Gasteiger partial charge is 0.468 e. The molecule has 2 unspecified atom stereocenters. The first-order chi connectivity index (χ1) is 9.58. The first kappa shape index (κ1) is 15.8. The summed E-state index contributed by atoms with van der Waals surface area (Å²) >= 11 is 0. The van der Waals surface area contributed by atoms with Crippen LogP contribution in [0.15, 0.2) is 0 Å². The van der Waals surface area contributed by atoms with Gasteiger partial charge in [-0.2, -0.15) is 0 Å². The van der Waals surface area contributed by atoms with Crippen LogP contribution in [0.5, 0.6) is 0 Å². The Morgan fingerprint density at radius 2 is 2.05 bits per heavy atom. The van der Waals surface area contributed by atoms with E-state index in [-0.39, 0.29) is 12.0 Å². The van der Waals surface area contributed by atoms with E-state index in [0.717, 1.165) is 32.3 Å². The highest BCUT2D eigenvalue weighted by molar-refractivity contribution is 5.81. The van der Waals surface area contributed by atoms with Gasteiger partial charge in [-0.15, -0.1) is 0 Å². The van der Waals surface area contributed by atoms with E-state index in [1.807, 2.05) is 0 Å². The minimum atomic E-state index is -0.494. The van der Waals surface area contributed by atoms with Crippen LogP contribution in [0, 0.1) is 5.92 Å². The van der Waals surface area contributed by atoms with E-state index in [0.29, 0.717) is 12.0 Å². The molecule has 0 spiro atoms. The van der Waals surface area contributed by atoms with E-state index in [1.54, 1.807) is 0 Å². The fourth-order valence-electron chi connectivity index (χ4n) is 3.60. The molecule has 4 heteroatoms. The van der Waals surface area contributed by atoms with Crippen LogP contribution in [-0.2, 0) is 14.3 Å². The average Bonchev–Trinajstić information content (AvgIpc) is 2.74. The van der Waals surface area contributed by atoms with Gasteiger partial charge in [0.05, 0.1) is 13.2 Å². The fraction of sp³-hybridized carbons (Fsp3) is 0.938. The van der Waals surface area contributed by atoms with Gasteiger partial charge < -0.3 is 9.47 Å². The van der Waals surface area contributed by atoms with Crippen molar-refractivity contribution in [3.63, 3.8) is 0 Å². The third-order valence-corrected chi connectivity index (χ3v) is 4.79. The van der Waals surface area contributed by atoms with Crippen molar-refractivity contribution >= 4 is 5.97 Å². The Hall–Kier alpha value is -0.610. The van der Waals surface area contributed by atoms with Crippen LogP contribution in [0.1, 0.15) is 58.8 Å². The molecule has 2 aliphatic rings. The summed E-state index contributed by atoms with van der Waals surface area (Å²) in [6.07, 6.45) is 8.19. The Morgan fingerprint density at radius 1 is 1.30 bits per heavy atom. The third kappa shape index (κ3) is 3.34. The molecule has 1 N–H and O–H groups in total. The summed E-state index contributed by atoms with van der Waals surface area (Å²) in [6, 6.07) is 0.280. The van der Waals surface area contributed by atoms with Gasteiger partial charge in [-0.1, -0.05) is 6.42 Å². The number of esters is 1. The highest BCUT2D eigenvalue weighted by Gasteiger charge is 2.49. The molecular formula is C16H29NO3. The maximum atomic E-state index is 12.3. The smallest absolute Gasteiger partial charge is 0.326 e. The molecule has 4 nitrogen and oxygen atoms in total. The molecule has 0 aromatic carbocycles. The van der Waals surface area contributed by atoms with Gasteiger partial charge in [0.1, 0.15) is 5.54 Å². The first-order valence-electron chi connectivity index (χ1n) is 8.06. The summed E-state index contributed by atoms with van der Waals surface area (Å²) in [5.74, 6) is 0.231. The fourth-order valence-corrected chi connectivity index (χ4v) is 3.60. The topological polar surface area (TPSA) is 47.6 Å². The Kier molecular flexibility index (Phi) is 5.44. The molecule has 0 aromatic heterocycles. The van der Waals surface area contributed by atoms with Crippen LogP contribution >= 0.6 is 0 Å². The minimum absolute atomic E-state index is 0.0997. The number of nitrogens with one attached hydrogen (secondary N) is 1. The summed E-state index contributed by atoms with van der Waals surface area (Å²) in [6.45, 7) is 4.95. The molecule has 2 rings (SSSR count). The van der Waals surface area contributed by atoms with Crippen molar-refractivity contribution < 1.29 is 14.3 Å². The van der Waals surface area contributed by atoms with Crippen LogP contribution < -0.4 is 5.32 Å². The number of hydrogen-bond donors (Lipinski definition) is 1. The van der Waals surface area contributed by atoms with Crippen molar-refractivity contribution in [1.29, 1.82) is 0 Å². The molecule has 116 valence electrons. The summed E-state index contributed by atoms with van der Waals surface area (Å²) in [7, 11) is 1.49. The molecule has 2 atom stereocenters. The Morgan fingerprint density at radius 3 is 2.60 bits per heavy atom. The van der Waals surface area contributed by atoms with E-state index < -0.39 is 5.54 Å². The zero-order chi connectivity index (χ0) is 14.6. The molecule has 0 heterocycles. The number of methoxy groups -OCH3 is 1. The quantitative estimate of drug-likeness (QED) is 0.730. The van der Waals surface area contributed by atoms with E-state index in [2.05, 4.69) is 19.2 Å². The number of ether oxygens (including phenoxy) is 2. The minimum Gasteiger partial charge on any atom is -0.468 e. The molecular weight excluding hydrogens is 254 g/mol. The highest BCUT2D eigenvalue weighted by atomic mass is 16.5. The van der Waals surface area contributed by atoms with Crippen molar-refractivity contribution in [2.45, 2.75) is 76.5 Å². The highest BCUT2D eigenvalue weighted by Crippen LogP contribution is 2.39. The van der Waals surface area contributed by atoms with Crippen LogP contribution in [0.4, 0.5) is 0 Å². The van der Waals surface area contributed by atoms with Gasteiger partial charge in [-0.25, -0.2) is 0 Å². The summed E-state index contributed by atoms with van der Waals surface area (Å²) < 4.78 is 11.0. The van der Waals surface area contributed by atoms with Gasteiger partial charge >= 0.3 is 5.97 Å². The Balaban J connectivity index is 1.94. The van der Waals surface area contributed by atoms with Crippen molar-refractivity contribution in [2.24, 2.45) is 5.92 Å². The Labute approximate surface area is 122 Å². The van der Waals surface area contributed by atoms with E-state index >= 15 is 0 Å². The normalized spacial score (nSPS) is 30.5. The van der Waals surface area contributed by atoms with Crippen LogP contribution in [0.3, 0.4) is 0 Å².